The summed E-state index contributed by atoms with van der Waals surface area (Å²) in [4.78, 5) is 0. The van der Waals surface area contributed by atoms with Crippen LogP contribution in [-0.2, 0) is 28.4 Å². The Morgan fingerprint density at radius 1 is 0.788 bits per heavy atom. The van der Waals surface area contributed by atoms with Gasteiger partial charge in [0.2, 0.25) is 0 Å². The van der Waals surface area contributed by atoms with Crippen LogP contribution >= 0.6 is 0 Å². The van der Waals surface area contributed by atoms with Gasteiger partial charge in [0.05, 0.1) is 32.0 Å². The molecule has 4 saturated heterocycles. The number of aliphatic hydroxyl groups excluding tert-OH is 7. The average molecular weight is 739 g/mol. The van der Waals surface area contributed by atoms with Crippen LogP contribution < -0.4 is 0 Å². The Kier molecular flexibility index (Phi) is 10.3. The Hall–Kier alpha value is -0.780. The predicted molar refractivity (Wildman–Crippen MR) is 183 cm³/mol. The van der Waals surface area contributed by atoms with Crippen molar-refractivity contribution in [3.05, 3.63) is 11.6 Å². The van der Waals surface area contributed by atoms with Gasteiger partial charge < -0.3 is 64.2 Å². The van der Waals surface area contributed by atoms with Crippen molar-refractivity contribution < 1.29 is 64.2 Å². The van der Waals surface area contributed by atoms with E-state index in [9.17, 15) is 35.7 Å². The van der Waals surface area contributed by atoms with Crippen LogP contribution in [-0.4, -0.2) is 135 Å². The Labute approximate surface area is 306 Å². The summed E-state index contributed by atoms with van der Waals surface area (Å²) in [5.74, 6) is 2.92. The van der Waals surface area contributed by atoms with Crippen LogP contribution in [0.1, 0.15) is 85.5 Å². The second kappa shape index (κ2) is 14.0. The van der Waals surface area contributed by atoms with Crippen molar-refractivity contribution in [3.8, 4) is 0 Å². The minimum absolute atomic E-state index is 0.0572. The number of allylic oxidation sites excluding steroid dienone is 1. The molecule has 7 N–H and O–H groups in total. The van der Waals surface area contributed by atoms with E-state index >= 15 is 0 Å². The fraction of sp³-hybridized carbons (Fsp3) is 0.949. The van der Waals surface area contributed by atoms with Crippen LogP contribution in [0.5, 0.6) is 0 Å². The van der Waals surface area contributed by atoms with Gasteiger partial charge in [0, 0.05) is 12.3 Å². The molecule has 3 saturated carbocycles. The molecule has 4 aliphatic carbocycles. The Balaban J connectivity index is 0.913. The van der Waals surface area contributed by atoms with E-state index in [4.69, 9.17) is 28.4 Å². The van der Waals surface area contributed by atoms with Crippen LogP contribution in [0.4, 0.5) is 0 Å². The predicted octanol–water partition coefficient (Wildman–Crippen LogP) is 1.36. The summed E-state index contributed by atoms with van der Waals surface area (Å²) >= 11 is 0. The minimum Gasteiger partial charge on any atom is -0.394 e. The molecule has 4 heterocycles. The second-order valence-electron chi connectivity index (χ2n) is 18.3. The van der Waals surface area contributed by atoms with Gasteiger partial charge in [-0.25, -0.2) is 0 Å². The molecule has 21 atom stereocenters. The average Bonchev–Trinajstić information content (AvgIpc) is 3.58. The Morgan fingerprint density at radius 3 is 2.21 bits per heavy atom. The number of aliphatic hydroxyl groups is 7. The summed E-state index contributed by atoms with van der Waals surface area (Å²) in [6.07, 6.45) is -3.06. The Morgan fingerprint density at radius 2 is 1.50 bits per heavy atom. The van der Waals surface area contributed by atoms with E-state index in [1.807, 2.05) is 0 Å². The van der Waals surface area contributed by atoms with Gasteiger partial charge in [0.15, 0.2) is 18.4 Å². The molecule has 7 fully saturated rings. The Bertz CT molecular complexity index is 1320. The highest BCUT2D eigenvalue weighted by molar-refractivity contribution is 5.26. The summed E-state index contributed by atoms with van der Waals surface area (Å²) in [5, 5.41) is 72.7. The van der Waals surface area contributed by atoms with Gasteiger partial charge in [-0.3, -0.25) is 0 Å². The molecule has 52 heavy (non-hydrogen) atoms. The molecule has 0 aromatic rings. The lowest BCUT2D eigenvalue weighted by Gasteiger charge is -2.58. The third-order valence-electron chi connectivity index (χ3n) is 15.6. The highest BCUT2D eigenvalue weighted by Gasteiger charge is 2.68. The van der Waals surface area contributed by atoms with Gasteiger partial charge in [-0.2, -0.15) is 0 Å². The first kappa shape index (κ1) is 38.1. The van der Waals surface area contributed by atoms with Crippen LogP contribution in [0.25, 0.3) is 0 Å². The van der Waals surface area contributed by atoms with Crippen molar-refractivity contribution in [2.24, 2.45) is 46.3 Å². The van der Waals surface area contributed by atoms with Gasteiger partial charge in [-0.05, 0) is 91.8 Å². The number of ether oxygens (including phenoxy) is 6. The molecule has 0 bridgehead atoms. The van der Waals surface area contributed by atoms with Crippen molar-refractivity contribution >= 4 is 0 Å². The van der Waals surface area contributed by atoms with Crippen LogP contribution in [0, 0.1) is 46.3 Å². The van der Waals surface area contributed by atoms with Gasteiger partial charge in [0.1, 0.15) is 48.8 Å². The molecular weight excluding hydrogens is 676 g/mol. The first-order valence-corrected chi connectivity index (χ1v) is 20.0. The van der Waals surface area contributed by atoms with Crippen molar-refractivity contribution in [2.75, 3.05) is 19.8 Å². The zero-order valence-corrected chi connectivity index (χ0v) is 31.0. The van der Waals surface area contributed by atoms with E-state index in [1.54, 1.807) is 0 Å². The van der Waals surface area contributed by atoms with Crippen molar-refractivity contribution in [2.45, 2.75) is 165 Å². The lowest BCUT2D eigenvalue weighted by atomic mass is 9.47. The summed E-state index contributed by atoms with van der Waals surface area (Å²) in [5.41, 5.74) is 1.70. The maximum absolute atomic E-state index is 11.1. The normalized spacial score (nSPS) is 57.5. The molecule has 0 unspecified atom stereocenters. The molecular formula is C39H62O13. The van der Waals surface area contributed by atoms with Gasteiger partial charge in [-0.1, -0.05) is 39.3 Å². The highest BCUT2D eigenvalue weighted by atomic mass is 16.7. The first-order chi connectivity index (χ1) is 24.7. The van der Waals surface area contributed by atoms with Gasteiger partial charge in [0.25, 0.3) is 0 Å². The van der Waals surface area contributed by atoms with Crippen LogP contribution in [0.3, 0.4) is 0 Å². The van der Waals surface area contributed by atoms with Crippen molar-refractivity contribution in [3.63, 3.8) is 0 Å². The van der Waals surface area contributed by atoms with Crippen molar-refractivity contribution in [1.29, 1.82) is 0 Å². The molecule has 296 valence electrons. The molecule has 0 aromatic carbocycles. The maximum Gasteiger partial charge on any atom is 0.187 e. The molecule has 8 aliphatic rings. The molecule has 4 aliphatic heterocycles. The van der Waals surface area contributed by atoms with Crippen LogP contribution in [0.15, 0.2) is 11.6 Å². The minimum atomic E-state index is -1.72. The highest BCUT2D eigenvalue weighted by Crippen LogP contribution is 2.70. The summed E-state index contributed by atoms with van der Waals surface area (Å²) < 4.78 is 36.9. The quantitative estimate of drug-likeness (QED) is 0.193. The van der Waals surface area contributed by atoms with E-state index < -0.39 is 80.4 Å². The first-order valence-electron chi connectivity index (χ1n) is 20.0. The second-order valence-corrected chi connectivity index (χ2v) is 18.3. The third kappa shape index (κ3) is 5.90. The van der Waals surface area contributed by atoms with Crippen LogP contribution in [0.2, 0.25) is 0 Å². The maximum atomic E-state index is 11.1. The topological polar surface area (TPSA) is 197 Å². The zero-order chi connectivity index (χ0) is 36.9. The zero-order valence-electron chi connectivity index (χ0n) is 31.0. The fourth-order valence-electron chi connectivity index (χ4n) is 12.6. The summed E-state index contributed by atoms with van der Waals surface area (Å²) in [6.45, 7) is 9.20. The smallest absolute Gasteiger partial charge is 0.187 e. The van der Waals surface area contributed by atoms with Crippen molar-refractivity contribution in [1.82, 2.24) is 0 Å². The fourth-order valence-corrected chi connectivity index (χ4v) is 12.6. The molecule has 0 aromatic heterocycles. The van der Waals surface area contributed by atoms with Gasteiger partial charge in [-0.15, -0.1) is 0 Å². The van der Waals surface area contributed by atoms with E-state index in [0.29, 0.717) is 41.9 Å². The SMILES string of the molecule is C[C@@H]1CC[C@@]2(OC1)O[C@H]1C[C@H]3[C@@H]4CC=C5C[C@@H](O[C@@H]6O[C@H](CO)[C@H](O[C@@H]7O[C@H](CO)[C@@H](O)[C@H](O)[C@H]7O)[C@H](O)[C@H]6O)CC[C@]5(C)[C@@H]4CC[C@]3(C)[C@H]1[C@@H]2C. The number of hydrogen-bond acceptors (Lipinski definition) is 13. The molecule has 0 amide bonds. The third-order valence-corrected chi connectivity index (χ3v) is 15.6. The number of rotatable bonds is 6. The molecule has 8 rings (SSSR count). The summed E-state index contributed by atoms with van der Waals surface area (Å²) in [6, 6.07) is 0. The lowest BCUT2D eigenvalue weighted by Crippen LogP contribution is -2.65. The molecule has 1 spiro atoms. The lowest BCUT2D eigenvalue weighted by molar-refractivity contribution is -0.363. The molecule has 0 radical (unpaired) electrons. The number of hydrogen-bond donors (Lipinski definition) is 7. The standard InChI is InChI=1S/C39H62O13/c1-18-7-12-39(47-17-18)19(2)28-25(52-39)14-24-22-6-5-20-13-21(8-10-37(20,3)23(22)9-11-38(24,28)4)48-35-33(46)31(44)34(27(16-41)50-35)51-36-32(45)30(43)29(42)26(15-40)49-36/h5,18-19,21-36,40-46H,6-17H2,1-4H3/t18-,19+,21+,22-,23-,24+,25+,26-,27-,28+,29-,30+,31-,32-,33-,34+,35-,36+,37+,38+,39-/m1/s1. The van der Waals surface area contributed by atoms with E-state index in [2.05, 4.69) is 33.8 Å². The van der Waals surface area contributed by atoms with E-state index in [0.717, 1.165) is 38.7 Å². The molecule has 13 heteroatoms. The van der Waals surface area contributed by atoms with E-state index in [-0.39, 0.29) is 23.0 Å². The van der Waals surface area contributed by atoms with Gasteiger partial charge >= 0.3 is 0 Å². The number of fused-ring (bicyclic) bond motifs is 7. The summed E-state index contributed by atoms with van der Waals surface area (Å²) in [7, 11) is 0. The largest absolute Gasteiger partial charge is 0.394 e. The van der Waals surface area contributed by atoms with E-state index in [1.165, 1.54) is 24.8 Å². The molecule has 13 nitrogen and oxygen atoms in total. The monoisotopic (exact) mass is 738 g/mol.